The van der Waals surface area contributed by atoms with Crippen molar-refractivity contribution in [1.82, 2.24) is 10.6 Å². The molecule has 4 heteroatoms. The normalized spacial score (nSPS) is 25.3. The first-order valence-corrected chi connectivity index (χ1v) is 5.45. The molecule has 2 atom stereocenters. The molecule has 0 spiro atoms. The zero-order chi connectivity index (χ0) is 8.97. The average Bonchev–Trinajstić information content (AvgIpc) is 2.55. The van der Waals surface area contributed by atoms with E-state index >= 15 is 0 Å². The summed E-state index contributed by atoms with van der Waals surface area (Å²) >= 11 is 1.95. The minimum absolute atomic E-state index is 0.0568. The maximum Gasteiger partial charge on any atom is 0.236 e. The highest BCUT2D eigenvalue weighted by Gasteiger charge is 2.19. The van der Waals surface area contributed by atoms with Crippen LogP contribution in [0.5, 0.6) is 0 Å². The van der Waals surface area contributed by atoms with Crippen LogP contribution in [0.15, 0.2) is 0 Å². The van der Waals surface area contributed by atoms with Crippen molar-refractivity contribution >= 4 is 17.7 Å². The van der Waals surface area contributed by atoms with Gasteiger partial charge in [-0.3, -0.25) is 4.79 Å². The Kier molecular flexibility index (Phi) is 3.88. The minimum atomic E-state index is -0.0568. The first kappa shape index (κ1) is 9.86. The number of carbonyl (C=O) groups excluding carboxylic acids is 1. The number of nitrogens with one attached hydrogen (secondary N) is 2. The molecular formula is C8H16N2OS. The second-order valence-electron chi connectivity index (χ2n) is 3.06. The van der Waals surface area contributed by atoms with Gasteiger partial charge in [-0.05, 0) is 19.1 Å². The van der Waals surface area contributed by atoms with Crippen LogP contribution < -0.4 is 10.6 Å². The number of hydrogen-bond acceptors (Lipinski definition) is 3. The summed E-state index contributed by atoms with van der Waals surface area (Å²) in [5.41, 5.74) is 0. The van der Waals surface area contributed by atoms with Crippen LogP contribution in [0.4, 0.5) is 0 Å². The number of likely N-dealkylation sites (N-methyl/N-ethyl adjacent to an activating group) is 1. The van der Waals surface area contributed by atoms with E-state index in [9.17, 15) is 4.79 Å². The highest BCUT2D eigenvalue weighted by molar-refractivity contribution is 7.99. The van der Waals surface area contributed by atoms with Gasteiger partial charge in [-0.15, -0.1) is 0 Å². The summed E-state index contributed by atoms with van der Waals surface area (Å²) in [6.07, 6.45) is 1.19. The van der Waals surface area contributed by atoms with Crippen LogP contribution in [0.1, 0.15) is 13.3 Å². The van der Waals surface area contributed by atoms with Gasteiger partial charge in [-0.25, -0.2) is 0 Å². The van der Waals surface area contributed by atoms with Crippen molar-refractivity contribution in [2.45, 2.75) is 25.4 Å². The number of carbonyl (C=O) groups is 1. The first-order chi connectivity index (χ1) is 5.74. The molecule has 1 unspecified atom stereocenters. The number of thioether (sulfide) groups is 1. The molecular weight excluding hydrogens is 172 g/mol. The zero-order valence-corrected chi connectivity index (χ0v) is 8.41. The van der Waals surface area contributed by atoms with Gasteiger partial charge in [0.05, 0.1) is 6.04 Å². The molecule has 1 aliphatic rings. The number of hydrogen-bond donors (Lipinski definition) is 2. The summed E-state index contributed by atoms with van der Waals surface area (Å²) in [4.78, 5) is 11.1. The Morgan fingerprint density at radius 3 is 2.92 bits per heavy atom. The molecule has 12 heavy (non-hydrogen) atoms. The van der Waals surface area contributed by atoms with Gasteiger partial charge in [-0.1, -0.05) is 0 Å². The van der Waals surface area contributed by atoms with Crippen molar-refractivity contribution in [3.63, 3.8) is 0 Å². The summed E-state index contributed by atoms with van der Waals surface area (Å²) < 4.78 is 0. The van der Waals surface area contributed by atoms with Crippen molar-refractivity contribution in [1.29, 1.82) is 0 Å². The standard InChI is InChI=1S/C8H16N2OS/c1-6(8(11)9-2)10-7-3-4-12-5-7/h6-7,10H,3-5H2,1-2H3,(H,9,11)/t6-,7?/m0/s1. The molecule has 0 radical (unpaired) electrons. The quantitative estimate of drug-likeness (QED) is 0.665. The molecule has 1 amide bonds. The summed E-state index contributed by atoms with van der Waals surface area (Å²) in [5, 5.41) is 5.93. The van der Waals surface area contributed by atoms with Gasteiger partial charge in [0.15, 0.2) is 0 Å². The summed E-state index contributed by atoms with van der Waals surface area (Å²) in [7, 11) is 1.67. The van der Waals surface area contributed by atoms with Gasteiger partial charge >= 0.3 is 0 Å². The third kappa shape index (κ3) is 2.68. The molecule has 0 aliphatic carbocycles. The van der Waals surface area contributed by atoms with Crippen LogP contribution in [0.25, 0.3) is 0 Å². The van der Waals surface area contributed by atoms with Gasteiger partial charge < -0.3 is 10.6 Å². The van der Waals surface area contributed by atoms with Crippen LogP contribution >= 0.6 is 11.8 Å². The highest BCUT2D eigenvalue weighted by atomic mass is 32.2. The molecule has 1 heterocycles. The fourth-order valence-electron chi connectivity index (χ4n) is 1.31. The largest absolute Gasteiger partial charge is 0.358 e. The molecule has 0 aromatic carbocycles. The second-order valence-corrected chi connectivity index (χ2v) is 4.21. The number of amides is 1. The third-order valence-corrected chi connectivity index (χ3v) is 3.22. The molecule has 1 saturated heterocycles. The Labute approximate surface area is 77.7 Å². The SMILES string of the molecule is CNC(=O)[C@H](C)NC1CCSC1. The fourth-order valence-corrected chi connectivity index (χ4v) is 2.48. The maximum absolute atomic E-state index is 11.1. The van der Waals surface area contributed by atoms with Gasteiger partial charge in [0.25, 0.3) is 0 Å². The van der Waals surface area contributed by atoms with Gasteiger partial charge in [0, 0.05) is 18.8 Å². The topological polar surface area (TPSA) is 41.1 Å². The van der Waals surface area contributed by atoms with Gasteiger partial charge in [0.2, 0.25) is 5.91 Å². The first-order valence-electron chi connectivity index (χ1n) is 4.29. The van der Waals surface area contributed by atoms with Gasteiger partial charge in [-0.2, -0.15) is 11.8 Å². The Morgan fingerprint density at radius 2 is 2.42 bits per heavy atom. The number of rotatable bonds is 3. The lowest BCUT2D eigenvalue weighted by Gasteiger charge is -2.16. The molecule has 0 aromatic heterocycles. The predicted molar refractivity (Wildman–Crippen MR) is 52.4 cm³/mol. The Balaban J connectivity index is 2.24. The zero-order valence-electron chi connectivity index (χ0n) is 7.59. The van der Waals surface area contributed by atoms with Crippen molar-refractivity contribution in [3.05, 3.63) is 0 Å². The van der Waals surface area contributed by atoms with Crippen LogP contribution in [-0.2, 0) is 4.79 Å². The maximum atomic E-state index is 11.1. The van der Waals surface area contributed by atoms with Crippen molar-refractivity contribution in [3.8, 4) is 0 Å². The van der Waals surface area contributed by atoms with Crippen molar-refractivity contribution < 1.29 is 4.79 Å². The van der Waals surface area contributed by atoms with Crippen molar-refractivity contribution in [2.24, 2.45) is 0 Å². The molecule has 1 rings (SSSR count). The molecule has 70 valence electrons. The summed E-state index contributed by atoms with van der Waals surface area (Å²) in [5.74, 6) is 2.44. The van der Waals surface area contributed by atoms with Crippen LogP contribution in [0.2, 0.25) is 0 Å². The highest BCUT2D eigenvalue weighted by Crippen LogP contribution is 2.17. The molecule has 0 aromatic rings. The van der Waals surface area contributed by atoms with E-state index in [-0.39, 0.29) is 11.9 Å². The van der Waals surface area contributed by atoms with E-state index in [2.05, 4.69) is 10.6 Å². The van der Waals surface area contributed by atoms with E-state index in [4.69, 9.17) is 0 Å². The van der Waals surface area contributed by atoms with E-state index in [1.54, 1.807) is 7.05 Å². The molecule has 0 saturated carbocycles. The molecule has 0 bridgehead atoms. The van der Waals surface area contributed by atoms with E-state index < -0.39 is 0 Å². The Hall–Kier alpha value is -0.220. The van der Waals surface area contributed by atoms with Crippen LogP contribution in [-0.4, -0.2) is 36.5 Å². The third-order valence-electron chi connectivity index (χ3n) is 2.06. The van der Waals surface area contributed by atoms with E-state index in [0.29, 0.717) is 6.04 Å². The predicted octanol–water partition coefficient (Wildman–Crippen LogP) is 0.216. The van der Waals surface area contributed by atoms with Gasteiger partial charge in [0.1, 0.15) is 0 Å². The van der Waals surface area contributed by atoms with Crippen LogP contribution in [0.3, 0.4) is 0 Å². The van der Waals surface area contributed by atoms with E-state index in [1.807, 2.05) is 18.7 Å². The molecule has 1 fully saturated rings. The minimum Gasteiger partial charge on any atom is -0.358 e. The van der Waals surface area contributed by atoms with E-state index in [0.717, 1.165) is 5.75 Å². The summed E-state index contributed by atoms with van der Waals surface area (Å²) in [6.45, 7) is 1.90. The Morgan fingerprint density at radius 1 is 1.67 bits per heavy atom. The summed E-state index contributed by atoms with van der Waals surface area (Å²) in [6, 6.07) is 0.473. The average molecular weight is 188 g/mol. The lowest BCUT2D eigenvalue weighted by molar-refractivity contribution is -0.122. The molecule has 2 N–H and O–H groups in total. The lowest BCUT2D eigenvalue weighted by atomic mass is 10.2. The van der Waals surface area contributed by atoms with Crippen molar-refractivity contribution in [2.75, 3.05) is 18.6 Å². The monoisotopic (exact) mass is 188 g/mol. The smallest absolute Gasteiger partial charge is 0.236 e. The Bertz CT molecular complexity index is 157. The lowest BCUT2D eigenvalue weighted by Crippen LogP contribution is -2.45. The van der Waals surface area contributed by atoms with E-state index in [1.165, 1.54) is 12.2 Å². The molecule has 3 nitrogen and oxygen atoms in total. The van der Waals surface area contributed by atoms with Crippen LogP contribution in [0, 0.1) is 0 Å². The fraction of sp³-hybridized carbons (Fsp3) is 0.875. The second kappa shape index (κ2) is 4.72. The molecule has 1 aliphatic heterocycles.